The van der Waals surface area contributed by atoms with Gasteiger partial charge in [0, 0.05) is 17.0 Å². The Morgan fingerprint density at radius 1 is 1.00 bits per heavy atom. The number of ether oxygens (including phenoxy) is 1. The molecule has 4 heteroatoms. The Bertz CT molecular complexity index is 813. The molecule has 1 saturated carbocycles. The molecule has 0 bridgehead atoms. The third-order valence-corrected chi connectivity index (χ3v) is 4.92. The molecule has 0 heterocycles. The molecule has 0 saturated heterocycles. The number of hydrogen-bond acceptors (Lipinski definition) is 4. The summed E-state index contributed by atoms with van der Waals surface area (Å²) < 4.78 is 4.67. The van der Waals surface area contributed by atoms with Crippen LogP contribution in [0.25, 0.3) is 0 Å². The third-order valence-electron chi connectivity index (χ3n) is 4.92. The molecule has 114 valence electrons. The Morgan fingerprint density at radius 2 is 1.57 bits per heavy atom. The number of rotatable bonds is 2. The molecule has 23 heavy (non-hydrogen) atoms. The summed E-state index contributed by atoms with van der Waals surface area (Å²) in [6.45, 7) is 0. The van der Waals surface area contributed by atoms with Crippen LogP contribution >= 0.6 is 0 Å². The summed E-state index contributed by atoms with van der Waals surface area (Å²) in [5.74, 6) is -0.649. The lowest BCUT2D eigenvalue weighted by Crippen LogP contribution is -2.18. The molecule has 0 aliphatic heterocycles. The minimum Gasteiger partial charge on any atom is -0.465 e. The quantitative estimate of drug-likeness (QED) is 0.632. The van der Waals surface area contributed by atoms with E-state index in [2.05, 4.69) is 4.74 Å². The van der Waals surface area contributed by atoms with Crippen molar-refractivity contribution in [1.29, 1.82) is 0 Å². The first-order valence-electron chi connectivity index (χ1n) is 7.46. The maximum Gasteiger partial charge on any atom is 0.337 e. The van der Waals surface area contributed by atoms with Gasteiger partial charge in [-0.2, -0.15) is 0 Å². The van der Waals surface area contributed by atoms with Crippen molar-refractivity contribution in [2.24, 2.45) is 5.41 Å². The van der Waals surface area contributed by atoms with Crippen LogP contribution in [0, 0.1) is 5.41 Å². The Morgan fingerprint density at radius 3 is 2.09 bits per heavy atom. The third kappa shape index (κ3) is 1.75. The second-order valence-corrected chi connectivity index (χ2v) is 6.05. The van der Waals surface area contributed by atoms with Crippen molar-refractivity contribution < 1.29 is 19.1 Å². The van der Waals surface area contributed by atoms with Crippen molar-refractivity contribution in [1.82, 2.24) is 0 Å². The molecular weight excluding hydrogens is 292 g/mol. The van der Waals surface area contributed by atoms with Crippen LogP contribution in [0.15, 0.2) is 48.5 Å². The maximum absolute atomic E-state index is 12.7. The maximum atomic E-state index is 12.7. The van der Waals surface area contributed by atoms with Gasteiger partial charge >= 0.3 is 5.97 Å². The van der Waals surface area contributed by atoms with Crippen LogP contribution < -0.4 is 0 Å². The molecule has 1 spiro atoms. The second kappa shape index (κ2) is 4.62. The van der Waals surface area contributed by atoms with Crippen LogP contribution in [0.5, 0.6) is 0 Å². The molecule has 4 nitrogen and oxygen atoms in total. The fraction of sp³-hybridized carbons (Fsp3) is 0.211. The van der Waals surface area contributed by atoms with Gasteiger partial charge in [-0.25, -0.2) is 4.79 Å². The summed E-state index contributed by atoms with van der Waals surface area (Å²) in [5, 5.41) is 0. The van der Waals surface area contributed by atoms with Gasteiger partial charge in [-0.1, -0.05) is 36.4 Å². The number of Topliss-reactive ketones (excluding diaryl/α,β-unsaturated/α-hetero) is 2. The van der Waals surface area contributed by atoms with Crippen molar-refractivity contribution in [3.63, 3.8) is 0 Å². The average molecular weight is 306 g/mol. The van der Waals surface area contributed by atoms with Gasteiger partial charge in [-0.15, -0.1) is 0 Å². The highest BCUT2D eigenvalue weighted by atomic mass is 16.5. The van der Waals surface area contributed by atoms with E-state index >= 15 is 0 Å². The van der Waals surface area contributed by atoms with Crippen molar-refractivity contribution >= 4 is 17.5 Å². The molecule has 1 unspecified atom stereocenters. The van der Waals surface area contributed by atoms with E-state index in [0.29, 0.717) is 23.1 Å². The lowest BCUT2D eigenvalue weighted by molar-refractivity contribution is 0.0600. The highest BCUT2D eigenvalue weighted by Crippen LogP contribution is 2.65. The number of hydrogen-bond donors (Lipinski definition) is 0. The monoisotopic (exact) mass is 306 g/mol. The molecule has 0 radical (unpaired) electrons. The zero-order chi connectivity index (χ0) is 16.2. The second-order valence-electron chi connectivity index (χ2n) is 6.05. The van der Waals surface area contributed by atoms with Gasteiger partial charge < -0.3 is 4.74 Å². The number of benzene rings is 2. The van der Waals surface area contributed by atoms with Gasteiger partial charge in [0.25, 0.3) is 0 Å². The molecular formula is C19H14O4. The first kappa shape index (κ1) is 13.9. The summed E-state index contributed by atoms with van der Waals surface area (Å²) in [4.78, 5) is 36.9. The van der Waals surface area contributed by atoms with Gasteiger partial charge in [0.15, 0.2) is 11.6 Å². The normalized spacial score (nSPS) is 20.5. The Balaban J connectivity index is 1.67. The van der Waals surface area contributed by atoms with Crippen molar-refractivity contribution in [2.45, 2.75) is 12.3 Å². The molecule has 0 amide bonds. The summed E-state index contributed by atoms with van der Waals surface area (Å²) in [6, 6.07) is 14.0. The van der Waals surface area contributed by atoms with Crippen molar-refractivity contribution in [3.8, 4) is 0 Å². The first-order valence-corrected chi connectivity index (χ1v) is 7.46. The summed E-state index contributed by atoms with van der Waals surface area (Å²) in [6.07, 6.45) is 0.539. The molecule has 2 aromatic carbocycles. The molecule has 2 aromatic rings. The molecule has 1 fully saturated rings. The fourth-order valence-corrected chi connectivity index (χ4v) is 3.60. The smallest absolute Gasteiger partial charge is 0.337 e. The van der Waals surface area contributed by atoms with Gasteiger partial charge in [0.05, 0.1) is 12.7 Å². The first-order chi connectivity index (χ1) is 11.1. The van der Waals surface area contributed by atoms with E-state index in [1.165, 1.54) is 7.11 Å². The SMILES string of the molecule is COC(=O)c1ccc(C2CC23C(=O)c2ccccc2C3=O)cc1. The van der Waals surface area contributed by atoms with E-state index < -0.39 is 11.4 Å². The number of ketones is 2. The Labute approximate surface area is 133 Å². The molecule has 0 N–H and O–H groups in total. The number of fused-ring (bicyclic) bond motifs is 1. The van der Waals surface area contributed by atoms with Crippen LogP contribution in [0.3, 0.4) is 0 Å². The number of carbonyl (C=O) groups is 3. The van der Waals surface area contributed by atoms with Gasteiger partial charge in [0.1, 0.15) is 5.41 Å². The molecule has 0 aromatic heterocycles. The zero-order valence-electron chi connectivity index (χ0n) is 12.5. The Hall–Kier alpha value is -2.75. The van der Waals surface area contributed by atoms with Crippen LogP contribution in [0.1, 0.15) is 49.0 Å². The summed E-state index contributed by atoms with van der Waals surface area (Å²) in [7, 11) is 1.33. The summed E-state index contributed by atoms with van der Waals surface area (Å²) >= 11 is 0. The van der Waals surface area contributed by atoms with E-state index in [4.69, 9.17) is 0 Å². The fourth-order valence-electron chi connectivity index (χ4n) is 3.60. The predicted molar refractivity (Wildman–Crippen MR) is 82.7 cm³/mol. The molecule has 1 atom stereocenters. The minimum absolute atomic E-state index is 0.0693. The van der Waals surface area contributed by atoms with E-state index in [1.807, 2.05) is 0 Å². The zero-order valence-corrected chi connectivity index (χ0v) is 12.5. The number of esters is 1. The van der Waals surface area contributed by atoms with Gasteiger partial charge in [0.2, 0.25) is 0 Å². The highest BCUT2D eigenvalue weighted by Gasteiger charge is 2.68. The van der Waals surface area contributed by atoms with E-state index in [1.54, 1.807) is 48.5 Å². The lowest BCUT2D eigenvalue weighted by Gasteiger charge is -2.07. The molecule has 2 aliphatic rings. The van der Waals surface area contributed by atoms with Gasteiger partial charge in [-0.05, 0) is 24.1 Å². The van der Waals surface area contributed by atoms with E-state index in [0.717, 1.165) is 5.56 Å². The van der Waals surface area contributed by atoms with Crippen LogP contribution in [0.4, 0.5) is 0 Å². The molecule has 4 rings (SSSR count). The van der Waals surface area contributed by atoms with E-state index in [-0.39, 0.29) is 17.5 Å². The lowest BCUT2D eigenvalue weighted by atomic mass is 9.93. The van der Waals surface area contributed by atoms with Crippen LogP contribution in [-0.2, 0) is 4.74 Å². The Kier molecular flexibility index (Phi) is 2.79. The van der Waals surface area contributed by atoms with Crippen LogP contribution in [-0.4, -0.2) is 24.6 Å². The topological polar surface area (TPSA) is 60.4 Å². The largest absolute Gasteiger partial charge is 0.465 e. The van der Waals surface area contributed by atoms with Gasteiger partial charge in [-0.3, -0.25) is 9.59 Å². The number of methoxy groups -OCH3 is 1. The van der Waals surface area contributed by atoms with E-state index in [9.17, 15) is 14.4 Å². The number of carbonyl (C=O) groups excluding carboxylic acids is 3. The van der Waals surface area contributed by atoms with Crippen LogP contribution in [0.2, 0.25) is 0 Å². The minimum atomic E-state index is -0.920. The van der Waals surface area contributed by atoms with Crippen molar-refractivity contribution in [2.75, 3.05) is 7.11 Å². The highest BCUT2D eigenvalue weighted by molar-refractivity contribution is 6.32. The summed E-state index contributed by atoms with van der Waals surface area (Å²) in [5.41, 5.74) is 1.51. The molecule has 2 aliphatic carbocycles. The predicted octanol–water partition coefficient (Wildman–Crippen LogP) is 3.03. The van der Waals surface area contributed by atoms with Crippen molar-refractivity contribution in [3.05, 3.63) is 70.8 Å². The standard InChI is InChI=1S/C19H14O4/c1-23-18(22)12-8-6-11(7-9-12)15-10-19(15)16(20)13-4-2-3-5-14(13)17(19)21/h2-9,15H,10H2,1H3. The average Bonchev–Trinajstić information content (AvgIpc) is 3.32.